The Morgan fingerprint density at radius 3 is 3.07 bits per heavy atom. The van der Waals surface area contributed by atoms with Crippen LogP contribution in [0.15, 0.2) is 23.8 Å². The van der Waals surface area contributed by atoms with Gasteiger partial charge in [-0.05, 0) is 49.8 Å². The van der Waals surface area contributed by atoms with Crippen LogP contribution in [0.25, 0.3) is 10.2 Å². The van der Waals surface area contributed by atoms with Crippen molar-refractivity contribution in [2.75, 3.05) is 23.4 Å². The Hall–Kier alpha value is -2.52. The molecule has 0 saturated carbocycles. The van der Waals surface area contributed by atoms with Gasteiger partial charge in [0.1, 0.15) is 27.9 Å². The SMILES string of the molecule is CCOC(=O)c1sc(NC(=O)C2CCCN2c2ncnc3sccc23)cc1C. The fourth-order valence-corrected chi connectivity index (χ4v) is 5.14. The molecule has 7 nitrogen and oxygen atoms in total. The Balaban J connectivity index is 1.54. The number of carbonyl (C=O) groups is 2. The fourth-order valence-electron chi connectivity index (χ4n) is 3.45. The van der Waals surface area contributed by atoms with Gasteiger partial charge in [-0.15, -0.1) is 22.7 Å². The lowest BCUT2D eigenvalue weighted by Gasteiger charge is -2.25. The van der Waals surface area contributed by atoms with Crippen LogP contribution in [0.5, 0.6) is 0 Å². The zero-order valence-corrected chi connectivity index (χ0v) is 17.2. The summed E-state index contributed by atoms with van der Waals surface area (Å²) in [4.78, 5) is 37.2. The number of anilines is 2. The number of amides is 1. The summed E-state index contributed by atoms with van der Waals surface area (Å²) in [6.45, 7) is 4.72. The molecule has 9 heteroatoms. The summed E-state index contributed by atoms with van der Waals surface area (Å²) in [5.74, 6) is 0.364. The first kappa shape index (κ1) is 18.8. The van der Waals surface area contributed by atoms with Gasteiger partial charge in [0.2, 0.25) is 5.91 Å². The smallest absolute Gasteiger partial charge is 0.348 e. The molecule has 4 heterocycles. The van der Waals surface area contributed by atoms with E-state index >= 15 is 0 Å². The van der Waals surface area contributed by atoms with Crippen molar-refractivity contribution in [1.82, 2.24) is 9.97 Å². The molecule has 0 bridgehead atoms. The molecule has 0 aromatic carbocycles. The molecule has 1 N–H and O–H groups in total. The van der Waals surface area contributed by atoms with Crippen LogP contribution in [-0.4, -0.2) is 41.0 Å². The number of nitrogens with one attached hydrogen (secondary N) is 1. The zero-order valence-electron chi connectivity index (χ0n) is 15.6. The largest absolute Gasteiger partial charge is 0.462 e. The van der Waals surface area contributed by atoms with Crippen LogP contribution in [0.2, 0.25) is 0 Å². The Morgan fingerprint density at radius 1 is 1.39 bits per heavy atom. The third-order valence-corrected chi connectivity index (χ3v) is 6.65. The Kier molecular flexibility index (Phi) is 5.27. The van der Waals surface area contributed by atoms with E-state index in [0.717, 1.165) is 41.0 Å². The number of nitrogens with zero attached hydrogens (tertiary/aromatic N) is 3. The lowest BCUT2D eigenvalue weighted by atomic mass is 10.2. The van der Waals surface area contributed by atoms with E-state index in [1.165, 1.54) is 11.3 Å². The van der Waals surface area contributed by atoms with Gasteiger partial charge in [0.15, 0.2) is 0 Å². The predicted octanol–water partition coefficient (Wildman–Crippen LogP) is 3.85. The van der Waals surface area contributed by atoms with Crippen LogP contribution < -0.4 is 10.2 Å². The van der Waals surface area contributed by atoms with E-state index in [9.17, 15) is 9.59 Å². The molecule has 1 saturated heterocycles. The Bertz CT molecular complexity index is 1030. The molecule has 28 heavy (non-hydrogen) atoms. The standard InChI is InChI=1S/C19H20N4O3S2/c1-3-26-19(25)15-11(2)9-14(28-15)22-17(24)13-5-4-7-23(13)16-12-6-8-27-18(12)21-10-20-16/h6,8-10,13H,3-5,7H2,1-2H3,(H,22,24). The average Bonchev–Trinajstić information content (AvgIpc) is 3.40. The number of aromatic nitrogens is 2. The summed E-state index contributed by atoms with van der Waals surface area (Å²) in [5.41, 5.74) is 0.804. The Morgan fingerprint density at radius 2 is 2.25 bits per heavy atom. The first-order valence-corrected chi connectivity index (χ1v) is 10.8. The summed E-state index contributed by atoms with van der Waals surface area (Å²) in [7, 11) is 0. The van der Waals surface area contributed by atoms with Crippen LogP contribution in [0, 0.1) is 6.92 Å². The van der Waals surface area contributed by atoms with Gasteiger partial charge in [0.25, 0.3) is 0 Å². The van der Waals surface area contributed by atoms with Gasteiger partial charge in [-0.3, -0.25) is 4.79 Å². The predicted molar refractivity (Wildman–Crippen MR) is 111 cm³/mol. The molecule has 1 unspecified atom stereocenters. The first-order chi connectivity index (χ1) is 13.6. The van der Waals surface area contributed by atoms with Gasteiger partial charge in [-0.2, -0.15) is 0 Å². The molecular weight excluding hydrogens is 396 g/mol. The first-order valence-electron chi connectivity index (χ1n) is 9.11. The second kappa shape index (κ2) is 7.84. The molecule has 4 rings (SSSR count). The molecule has 1 fully saturated rings. The van der Waals surface area contributed by atoms with Gasteiger partial charge >= 0.3 is 5.97 Å². The van der Waals surface area contributed by atoms with Crippen molar-refractivity contribution in [3.8, 4) is 0 Å². The second-order valence-corrected chi connectivity index (χ2v) is 8.47. The van der Waals surface area contributed by atoms with E-state index in [1.807, 2.05) is 24.4 Å². The van der Waals surface area contributed by atoms with Crippen molar-refractivity contribution < 1.29 is 14.3 Å². The summed E-state index contributed by atoms with van der Waals surface area (Å²) < 4.78 is 5.07. The second-order valence-electron chi connectivity index (χ2n) is 6.52. The minimum atomic E-state index is -0.353. The van der Waals surface area contributed by atoms with Gasteiger partial charge in [-0.1, -0.05) is 0 Å². The van der Waals surface area contributed by atoms with Crippen molar-refractivity contribution >= 4 is 55.6 Å². The van der Waals surface area contributed by atoms with E-state index in [-0.39, 0.29) is 17.9 Å². The van der Waals surface area contributed by atoms with Crippen molar-refractivity contribution in [3.63, 3.8) is 0 Å². The number of hydrogen-bond acceptors (Lipinski definition) is 8. The molecule has 1 aliphatic rings. The van der Waals surface area contributed by atoms with Gasteiger partial charge in [0, 0.05) is 6.54 Å². The highest BCUT2D eigenvalue weighted by molar-refractivity contribution is 7.18. The molecule has 1 atom stereocenters. The minimum absolute atomic E-state index is 0.0869. The molecule has 3 aromatic heterocycles. The molecule has 146 valence electrons. The van der Waals surface area contributed by atoms with Crippen molar-refractivity contribution in [2.24, 2.45) is 0 Å². The van der Waals surface area contributed by atoms with Gasteiger partial charge in [0.05, 0.1) is 17.0 Å². The normalized spacial score (nSPS) is 16.5. The van der Waals surface area contributed by atoms with Crippen LogP contribution >= 0.6 is 22.7 Å². The lowest BCUT2D eigenvalue weighted by molar-refractivity contribution is -0.117. The summed E-state index contributed by atoms with van der Waals surface area (Å²) in [5, 5.41) is 6.59. The number of thiophene rings is 2. The third kappa shape index (κ3) is 3.47. The van der Waals surface area contributed by atoms with Crippen LogP contribution in [-0.2, 0) is 9.53 Å². The maximum Gasteiger partial charge on any atom is 0.348 e. The van der Waals surface area contributed by atoms with E-state index in [0.29, 0.717) is 16.5 Å². The monoisotopic (exact) mass is 416 g/mol. The maximum absolute atomic E-state index is 13.0. The van der Waals surface area contributed by atoms with Crippen molar-refractivity contribution in [3.05, 3.63) is 34.3 Å². The summed E-state index contributed by atoms with van der Waals surface area (Å²) in [6, 6.07) is 3.51. The van der Waals surface area contributed by atoms with Crippen LogP contribution in [0.4, 0.5) is 10.8 Å². The topological polar surface area (TPSA) is 84.4 Å². The summed E-state index contributed by atoms with van der Waals surface area (Å²) >= 11 is 2.81. The summed E-state index contributed by atoms with van der Waals surface area (Å²) in [6.07, 6.45) is 3.23. The number of fused-ring (bicyclic) bond motifs is 1. The van der Waals surface area contributed by atoms with Gasteiger partial charge in [-0.25, -0.2) is 14.8 Å². The number of hydrogen-bond donors (Lipinski definition) is 1. The van der Waals surface area contributed by atoms with E-state index in [1.54, 1.807) is 24.6 Å². The highest BCUT2D eigenvalue weighted by atomic mass is 32.1. The molecule has 0 spiro atoms. The van der Waals surface area contributed by atoms with Crippen molar-refractivity contribution in [2.45, 2.75) is 32.7 Å². The number of rotatable bonds is 5. The minimum Gasteiger partial charge on any atom is -0.462 e. The van der Waals surface area contributed by atoms with E-state index < -0.39 is 0 Å². The van der Waals surface area contributed by atoms with Gasteiger partial charge < -0.3 is 15.0 Å². The zero-order chi connectivity index (χ0) is 19.7. The quantitative estimate of drug-likeness (QED) is 0.636. The molecule has 0 aliphatic carbocycles. The fraction of sp³-hybridized carbons (Fsp3) is 0.368. The molecular formula is C19H20N4O3S2. The van der Waals surface area contributed by atoms with Crippen LogP contribution in [0.3, 0.4) is 0 Å². The van der Waals surface area contributed by atoms with E-state index in [4.69, 9.17) is 4.74 Å². The number of esters is 1. The van der Waals surface area contributed by atoms with E-state index in [2.05, 4.69) is 20.2 Å². The molecule has 1 aliphatic heterocycles. The highest BCUT2D eigenvalue weighted by Crippen LogP contribution is 2.33. The third-order valence-electron chi connectivity index (χ3n) is 4.69. The Labute approximate surface area is 170 Å². The average molecular weight is 417 g/mol. The number of carbonyl (C=O) groups excluding carboxylic acids is 2. The number of aryl methyl sites for hydroxylation is 1. The van der Waals surface area contributed by atoms with Crippen LogP contribution in [0.1, 0.15) is 35.0 Å². The number of ether oxygens (including phenoxy) is 1. The highest BCUT2D eigenvalue weighted by Gasteiger charge is 2.33. The maximum atomic E-state index is 13.0. The lowest BCUT2D eigenvalue weighted by Crippen LogP contribution is -2.40. The molecule has 1 amide bonds. The molecule has 3 aromatic rings. The molecule has 0 radical (unpaired) electrons. The van der Waals surface area contributed by atoms with Crippen molar-refractivity contribution in [1.29, 1.82) is 0 Å².